The van der Waals surface area contributed by atoms with Crippen molar-refractivity contribution in [3.8, 4) is 0 Å². The standard InChI is InChI=1S/C18H20N6O2/c1-23(17(12-26-2)16-5-3-4-10-19-16)18(25)15-8-6-14(7-9-15)11-24-13-20-21-22-24/h3-10,13,17H,11-12H2,1-2H3/t17-/m1/s1. The number of ether oxygens (including phenoxy) is 1. The summed E-state index contributed by atoms with van der Waals surface area (Å²) in [7, 11) is 3.37. The maximum atomic E-state index is 12.9. The van der Waals surface area contributed by atoms with E-state index in [1.54, 1.807) is 48.4 Å². The first kappa shape index (κ1) is 17.7. The number of pyridine rings is 1. The molecule has 0 aliphatic rings. The lowest BCUT2D eigenvalue weighted by atomic mass is 10.1. The van der Waals surface area contributed by atoms with Gasteiger partial charge < -0.3 is 9.64 Å². The highest BCUT2D eigenvalue weighted by molar-refractivity contribution is 5.94. The first-order chi connectivity index (χ1) is 12.7. The zero-order valence-corrected chi connectivity index (χ0v) is 14.7. The average Bonchev–Trinajstić information content (AvgIpc) is 3.19. The Balaban J connectivity index is 1.74. The van der Waals surface area contributed by atoms with Crippen LogP contribution in [0, 0.1) is 0 Å². The van der Waals surface area contributed by atoms with E-state index in [2.05, 4.69) is 20.5 Å². The molecule has 2 heterocycles. The van der Waals surface area contributed by atoms with Crippen LogP contribution in [0.1, 0.15) is 27.7 Å². The van der Waals surface area contributed by atoms with Crippen LogP contribution in [0.25, 0.3) is 0 Å². The van der Waals surface area contributed by atoms with Crippen molar-refractivity contribution in [1.82, 2.24) is 30.1 Å². The van der Waals surface area contributed by atoms with Gasteiger partial charge in [-0.3, -0.25) is 9.78 Å². The summed E-state index contributed by atoms with van der Waals surface area (Å²) in [5, 5.41) is 11.0. The summed E-state index contributed by atoms with van der Waals surface area (Å²) in [4.78, 5) is 18.9. The summed E-state index contributed by atoms with van der Waals surface area (Å²) in [5.41, 5.74) is 2.40. The smallest absolute Gasteiger partial charge is 0.254 e. The first-order valence-corrected chi connectivity index (χ1v) is 8.16. The van der Waals surface area contributed by atoms with E-state index in [0.717, 1.165) is 11.3 Å². The Bertz CT molecular complexity index is 821. The number of nitrogens with zero attached hydrogens (tertiary/aromatic N) is 6. The number of methoxy groups -OCH3 is 1. The molecule has 134 valence electrons. The highest BCUT2D eigenvalue weighted by Crippen LogP contribution is 2.20. The molecule has 0 N–H and O–H groups in total. The van der Waals surface area contributed by atoms with Crippen molar-refractivity contribution in [1.29, 1.82) is 0 Å². The van der Waals surface area contributed by atoms with Crippen LogP contribution in [-0.2, 0) is 11.3 Å². The molecule has 0 fully saturated rings. The predicted molar refractivity (Wildman–Crippen MR) is 94.3 cm³/mol. The van der Waals surface area contributed by atoms with E-state index < -0.39 is 0 Å². The van der Waals surface area contributed by atoms with E-state index >= 15 is 0 Å². The number of rotatable bonds is 7. The molecular weight excluding hydrogens is 332 g/mol. The number of carbonyl (C=O) groups excluding carboxylic acids is 1. The van der Waals surface area contributed by atoms with Gasteiger partial charge in [-0.2, -0.15) is 0 Å². The fraction of sp³-hybridized carbons (Fsp3) is 0.278. The number of hydrogen-bond donors (Lipinski definition) is 0. The van der Waals surface area contributed by atoms with Crippen LogP contribution in [0.4, 0.5) is 0 Å². The summed E-state index contributed by atoms with van der Waals surface area (Å²) in [6, 6.07) is 12.8. The summed E-state index contributed by atoms with van der Waals surface area (Å²) < 4.78 is 6.91. The van der Waals surface area contributed by atoms with E-state index in [1.807, 2.05) is 30.3 Å². The highest BCUT2D eigenvalue weighted by Gasteiger charge is 2.23. The van der Waals surface area contributed by atoms with Gasteiger partial charge in [0.15, 0.2) is 0 Å². The quantitative estimate of drug-likeness (QED) is 0.642. The fourth-order valence-electron chi connectivity index (χ4n) is 2.66. The molecule has 0 radical (unpaired) electrons. The molecule has 8 nitrogen and oxygen atoms in total. The van der Waals surface area contributed by atoms with E-state index in [0.29, 0.717) is 18.7 Å². The number of hydrogen-bond acceptors (Lipinski definition) is 6. The second kappa shape index (κ2) is 8.30. The van der Waals surface area contributed by atoms with Crippen molar-refractivity contribution in [2.75, 3.05) is 20.8 Å². The Morgan fingerprint density at radius 2 is 2.04 bits per heavy atom. The van der Waals surface area contributed by atoms with Crippen LogP contribution >= 0.6 is 0 Å². The Morgan fingerprint density at radius 1 is 1.23 bits per heavy atom. The summed E-state index contributed by atoms with van der Waals surface area (Å²) >= 11 is 0. The number of tetrazole rings is 1. The second-order valence-corrected chi connectivity index (χ2v) is 5.85. The molecule has 3 rings (SSSR count). The third-order valence-electron chi connectivity index (χ3n) is 4.08. The van der Waals surface area contributed by atoms with Crippen molar-refractivity contribution in [2.24, 2.45) is 0 Å². The minimum absolute atomic E-state index is 0.0910. The van der Waals surface area contributed by atoms with Crippen LogP contribution in [0.5, 0.6) is 0 Å². The third-order valence-corrected chi connectivity index (χ3v) is 4.08. The number of carbonyl (C=O) groups is 1. The van der Waals surface area contributed by atoms with E-state index in [4.69, 9.17) is 4.74 Å². The van der Waals surface area contributed by atoms with E-state index in [9.17, 15) is 4.79 Å². The lowest BCUT2D eigenvalue weighted by Gasteiger charge is -2.27. The van der Waals surface area contributed by atoms with Gasteiger partial charge >= 0.3 is 0 Å². The van der Waals surface area contributed by atoms with Gasteiger partial charge in [-0.1, -0.05) is 18.2 Å². The zero-order valence-electron chi connectivity index (χ0n) is 14.7. The summed E-state index contributed by atoms with van der Waals surface area (Å²) in [6.45, 7) is 0.925. The van der Waals surface area contributed by atoms with Gasteiger partial charge in [-0.15, -0.1) is 5.10 Å². The first-order valence-electron chi connectivity index (χ1n) is 8.16. The maximum absolute atomic E-state index is 12.9. The number of benzene rings is 1. The minimum Gasteiger partial charge on any atom is -0.382 e. The van der Waals surface area contributed by atoms with Gasteiger partial charge in [0.25, 0.3) is 5.91 Å². The van der Waals surface area contributed by atoms with Crippen LogP contribution in [0.15, 0.2) is 55.0 Å². The number of likely N-dealkylation sites (N-methyl/N-ethyl adjacent to an activating group) is 1. The molecular formula is C18H20N6O2. The Kier molecular flexibility index (Phi) is 5.65. The van der Waals surface area contributed by atoms with Crippen LogP contribution in [0.3, 0.4) is 0 Å². The van der Waals surface area contributed by atoms with Crippen molar-refractivity contribution in [3.05, 3.63) is 71.8 Å². The van der Waals surface area contributed by atoms with Crippen molar-refractivity contribution < 1.29 is 9.53 Å². The Morgan fingerprint density at radius 3 is 2.65 bits per heavy atom. The van der Waals surface area contributed by atoms with Crippen LogP contribution < -0.4 is 0 Å². The average molecular weight is 352 g/mol. The molecule has 0 unspecified atom stereocenters. The fourth-order valence-corrected chi connectivity index (χ4v) is 2.66. The van der Waals surface area contributed by atoms with E-state index in [-0.39, 0.29) is 11.9 Å². The molecule has 1 atom stereocenters. The van der Waals surface area contributed by atoms with Gasteiger partial charge in [0.2, 0.25) is 0 Å². The molecule has 0 saturated carbocycles. The molecule has 8 heteroatoms. The molecule has 3 aromatic rings. The second-order valence-electron chi connectivity index (χ2n) is 5.85. The zero-order chi connectivity index (χ0) is 18.4. The lowest BCUT2D eigenvalue weighted by Crippen LogP contribution is -2.34. The van der Waals surface area contributed by atoms with Gasteiger partial charge in [0.05, 0.1) is 24.9 Å². The van der Waals surface area contributed by atoms with Gasteiger partial charge in [-0.25, -0.2) is 4.68 Å². The molecule has 1 aromatic carbocycles. The number of aromatic nitrogens is 5. The molecule has 0 spiro atoms. The van der Waals surface area contributed by atoms with Crippen molar-refractivity contribution in [3.63, 3.8) is 0 Å². The van der Waals surface area contributed by atoms with Crippen LogP contribution in [-0.4, -0.2) is 56.8 Å². The minimum atomic E-state index is -0.255. The SMILES string of the molecule is COC[C@H](c1ccccn1)N(C)C(=O)c1ccc(Cn2cnnn2)cc1. The summed E-state index contributed by atoms with van der Waals surface area (Å²) in [6.07, 6.45) is 3.26. The lowest BCUT2D eigenvalue weighted by molar-refractivity contribution is 0.0595. The molecule has 2 aromatic heterocycles. The monoisotopic (exact) mass is 352 g/mol. The maximum Gasteiger partial charge on any atom is 0.254 e. The largest absolute Gasteiger partial charge is 0.382 e. The Labute approximate surface area is 151 Å². The van der Waals surface area contributed by atoms with Crippen LogP contribution in [0.2, 0.25) is 0 Å². The molecule has 1 amide bonds. The Hall–Kier alpha value is -3.13. The normalized spacial score (nSPS) is 11.9. The van der Waals surface area contributed by atoms with Gasteiger partial charge in [0, 0.05) is 25.9 Å². The molecule has 0 aliphatic carbocycles. The molecule has 26 heavy (non-hydrogen) atoms. The molecule has 0 aliphatic heterocycles. The highest BCUT2D eigenvalue weighted by atomic mass is 16.5. The van der Waals surface area contributed by atoms with Gasteiger partial charge in [-0.05, 0) is 40.3 Å². The number of amides is 1. The van der Waals surface area contributed by atoms with Crippen molar-refractivity contribution in [2.45, 2.75) is 12.6 Å². The van der Waals surface area contributed by atoms with Gasteiger partial charge in [0.1, 0.15) is 6.33 Å². The molecule has 0 saturated heterocycles. The predicted octanol–water partition coefficient (Wildman–Crippen LogP) is 1.58. The van der Waals surface area contributed by atoms with Crippen molar-refractivity contribution >= 4 is 5.91 Å². The molecule has 0 bridgehead atoms. The third kappa shape index (κ3) is 4.09. The summed E-state index contributed by atoms with van der Waals surface area (Å²) in [5.74, 6) is -0.0910. The topological polar surface area (TPSA) is 86.0 Å². The van der Waals surface area contributed by atoms with E-state index in [1.165, 1.54) is 0 Å².